The third-order valence-corrected chi connectivity index (χ3v) is 11.7. The van der Waals surface area contributed by atoms with Gasteiger partial charge in [-0.25, -0.2) is 0 Å². The minimum atomic E-state index is -1.97. The largest absolute Gasteiger partial charge is 0.459 e. The van der Waals surface area contributed by atoms with E-state index in [9.17, 15) is 35.5 Å². The number of nitrogens with zero attached hydrogens (tertiary/aromatic N) is 1. The summed E-state index contributed by atoms with van der Waals surface area (Å²) >= 11 is 0. The third kappa shape index (κ3) is 9.42. The first-order valence-electron chi connectivity index (χ1n) is 18.3. The maximum Gasteiger partial charge on any atom is 0.311 e. The summed E-state index contributed by atoms with van der Waals surface area (Å²) < 4.78 is 37.0. The number of cyclic esters (lactones) is 1. The predicted molar refractivity (Wildman–Crippen MR) is 186 cm³/mol. The number of methoxy groups -OCH3 is 1. The van der Waals surface area contributed by atoms with Crippen molar-refractivity contribution in [1.82, 2.24) is 5.32 Å². The molecule has 0 bridgehead atoms. The molecule has 4 unspecified atom stereocenters. The van der Waals surface area contributed by atoms with Crippen molar-refractivity contribution in [3.8, 4) is 0 Å². The zero-order valence-corrected chi connectivity index (χ0v) is 32.5. The van der Waals surface area contributed by atoms with Crippen LogP contribution in [0.15, 0.2) is 5.16 Å². The minimum Gasteiger partial charge on any atom is -0.459 e. The zero-order chi connectivity index (χ0) is 38.8. The van der Waals surface area contributed by atoms with Crippen LogP contribution in [0, 0.1) is 23.7 Å². The van der Waals surface area contributed by atoms with Crippen molar-refractivity contribution < 1.29 is 64.0 Å². The van der Waals surface area contributed by atoms with E-state index in [0.717, 1.165) is 0 Å². The molecule has 18 atom stereocenters. The molecule has 0 aromatic rings. The van der Waals surface area contributed by atoms with E-state index in [2.05, 4.69) is 10.5 Å². The van der Waals surface area contributed by atoms with Gasteiger partial charge in [0.25, 0.3) is 0 Å². The maximum atomic E-state index is 14.1. The molecule has 298 valence electrons. The molecule has 51 heavy (non-hydrogen) atoms. The van der Waals surface area contributed by atoms with E-state index in [1.165, 1.54) is 14.0 Å². The van der Waals surface area contributed by atoms with E-state index in [1.54, 1.807) is 62.4 Å². The number of rotatable bonds is 7. The van der Waals surface area contributed by atoms with Gasteiger partial charge < -0.3 is 64.5 Å². The molecule has 3 aliphatic heterocycles. The van der Waals surface area contributed by atoms with Gasteiger partial charge in [-0.3, -0.25) is 4.79 Å². The van der Waals surface area contributed by atoms with E-state index in [4.69, 9.17) is 28.4 Å². The third-order valence-electron chi connectivity index (χ3n) is 11.7. The Hall–Kier alpha value is -1.50. The molecule has 3 aliphatic rings. The highest BCUT2D eigenvalue weighted by Gasteiger charge is 2.53. The van der Waals surface area contributed by atoms with Gasteiger partial charge in [0.05, 0.1) is 53.4 Å². The SMILES string of the molecule is CC[C@H]1OC(=O)[C@H](C)[C@@H](O[C@@H]2CC(C)(OC)[C@H](O)[C@H](C)O2)[C@H](C)[C@H](O[C@@H]2O[C@H](C)CC(NC)[C@@H]2O)C(C)(O)C[C@H](C)/C(=N\O)[C@@H](C)[C@H](O)C1(C)O. The van der Waals surface area contributed by atoms with E-state index in [-0.39, 0.29) is 37.1 Å². The molecule has 0 saturated carbocycles. The van der Waals surface area contributed by atoms with Crippen molar-refractivity contribution in [2.75, 3.05) is 14.2 Å². The summed E-state index contributed by atoms with van der Waals surface area (Å²) in [6, 6.07) is -0.373. The number of carbonyl (C=O) groups is 1. The van der Waals surface area contributed by atoms with Crippen LogP contribution in [-0.4, -0.2) is 141 Å². The van der Waals surface area contributed by atoms with Gasteiger partial charge in [0.2, 0.25) is 0 Å². The lowest BCUT2D eigenvalue weighted by atomic mass is 9.73. The van der Waals surface area contributed by atoms with Crippen molar-refractivity contribution in [1.29, 1.82) is 0 Å². The summed E-state index contributed by atoms with van der Waals surface area (Å²) in [4.78, 5) is 14.1. The van der Waals surface area contributed by atoms with Gasteiger partial charge in [-0.2, -0.15) is 0 Å². The molecule has 15 nitrogen and oxygen atoms in total. The maximum absolute atomic E-state index is 14.1. The standard InChI is InChI=1S/C36H66N2O13/c1-13-24-36(10,44)29(40)19(4)26(38-45)17(2)15-34(8,43)31(51-33-27(39)23(37-11)14-18(3)47-33)20(5)28(21(6)32(42)49-24)50-25-16-35(9,46-12)30(41)22(7)48-25/h17-25,27-31,33,37,39-41,43-45H,13-16H2,1-12H3/b38-26+/t17-,18+,19+,20-,21+,22-,23?,24+,25+,27-,28-,29-,30+,31-,33-,34?,35?,36?/m0/s1. The highest BCUT2D eigenvalue weighted by Crippen LogP contribution is 2.40. The molecule has 0 aliphatic carbocycles. The minimum absolute atomic E-state index is 0.0674. The van der Waals surface area contributed by atoms with Crippen molar-refractivity contribution in [2.45, 2.75) is 179 Å². The second-order valence-electron chi connectivity index (χ2n) is 16.0. The first-order chi connectivity index (χ1) is 23.6. The average molecular weight is 735 g/mol. The fourth-order valence-corrected chi connectivity index (χ4v) is 8.41. The van der Waals surface area contributed by atoms with Gasteiger partial charge in [0.15, 0.2) is 12.6 Å². The normalized spacial score (nSPS) is 50.4. The summed E-state index contributed by atoms with van der Waals surface area (Å²) in [6.45, 7) is 16.6. The fourth-order valence-electron chi connectivity index (χ4n) is 8.41. The van der Waals surface area contributed by atoms with E-state index < -0.39 is 102 Å². The number of aliphatic hydroxyl groups excluding tert-OH is 3. The molecule has 3 rings (SSSR count). The van der Waals surface area contributed by atoms with Crippen LogP contribution in [0.4, 0.5) is 0 Å². The smallest absolute Gasteiger partial charge is 0.311 e. The van der Waals surface area contributed by atoms with Crippen LogP contribution < -0.4 is 5.32 Å². The number of ether oxygens (including phenoxy) is 6. The summed E-state index contributed by atoms with van der Waals surface area (Å²) in [5.41, 5.74) is -4.67. The van der Waals surface area contributed by atoms with Gasteiger partial charge in [0, 0.05) is 37.3 Å². The average Bonchev–Trinajstić information content (AvgIpc) is 3.06. The Labute approximate surface area is 303 Å². The molecule has 3 saturated heterocycles. The first kappa shape index (κ1) is 43.9. The van der Waals surface area contributed by atoms with E-state index in [0.29, 0.717) is 6.42 Å². The predicted octanol–water partition coefficient (Wildman–Crippen LogP) is 1.70. The molecule has 3 fully saturated rings. The number of esters is 1. The second kappa shape index (κ2) is 17.3. The van der Waals surface area contributed by atoms with Crippen LogP contribution in [0.2, 0.25) is 0 Å². The first-order valence-corrected chi connectivity index (χ1v) is 18.3. The highest BCUT2D eigenvalue weighted by atomic mass is 16.7. The molecule has 7 N–H and O–H groups in total. The number of nitrogens with one attached hydrogen (secondary N) is 1. The summed E-state index contributed by atoms with van der Waals surface area (Å²) in [7, 11) is 3.21. The fraction of sp³-hybridized carbons (Fsp3) is 0.944. The van der Waals surface area contributed by atoms with Gasteiger partial charge in [-0.15, -0.1) is 0 Å². The Morgan fingerprint density at radius 3 is 2.12 bits per heavy atom. The van der Waals surface area contributed by atoms with Gasteiger partial charge in [0.1, 0.15) is 23.9 Å². The van der Waals surface area contributed by atoms with Crippen LogP contribution in [0.25, 0.3) is 0 Å². The summed E-state index contributed by atoms with van der Waals surface area (Å²) in [6.07, 6.45) is -9.56. The molecule has 3 heterocycles. The lowest BCUT2D eigenvalue weighted by Gasteiger charge is -2.49. The highest BCUT2D eigenvalue weighted by molar-refractivity contribution is 5.88. The molecular formula is C36H66N2O13. The molecule has 0 radical (unpaired) electrons. The van der Waals surface area contributed by atoms with Crippen LogP contribution >= 0.6 is 0 Å². The number of hydrogen-bond acceptors (Lipinski definition) is 15. The van der Waals surface area contributed by atoms with E-state index in [1.807, 2.05) is 6.92 Å². The van der Waals surface area contributed by atoms with Gasteiger partial charge in [-0.1, -0.05) is 32.9 Å². The van der Waals surface area contributed by atoms with Crippen molar-refractivity contribution in [3.63, 3.8) is 0 Å². The Morgan fingerprint density at radius 1 is 0.941 bits per heavy atom. The van der Waals surface area contributed by atoms with Crippen LogP contribution in [-0.2, 0) is 33.2 Å². The van der Waals surface area contributed by atoms with Crippen molar-refractivity contribution in [3.05, 3.63) is 0 Å². The molecule has 0 spiro atoms. The number of hydrogen-bond donors (Lipinski definition) is 7. The van der Waals surface area contributed by atoms with Crippen molar-refractivity contribution >= 4 is 11.7 Å². The molecule has 0 aromatic carbocycles. The second-order valence-corrected chi connectivity index (χ2v) is 16.0. The zero-order valence-electron chi connectivity index (χ0n) is 32.5. The summed E-state index contributed by atoms with van der Waals surface area (Å²) in [5, 5.41) is 74.5. The molecule has 0 amide bonds. The van der Waals surface area contributed by atoms with Crippen molar-refractivity contribution in [2.24, 2.45) is 28.8 Å². The Morgan fingerprint density at radius 2 is 1.57 bits per heavy atom. The number of carbonyl (C=O) groups excluding carboxylic acids is 1. The number of aliphatic hydroxyl groups is 5. The van der Waals surface area contributed by atoms with Gasteiger partial charge in [-0.05, 0) is 67.9 Å². The Bertz CT molecular complexity index is 1170. The lowest BCUT2D eigenvalue weighted by Crippen LogP contribution is -2.61. The molecular weight excluding hydrogens is 668 g/mol. The van der Waals surface area contributed by atoms with Crippen LogP contribution in [0.5, 0.6) is 0 Å². The van der Waals surface area contributed by atoms with Crippen LogP contribution in [0.3, 0.4) is 0 Å². The Kier molecular flexibility index (Phi) is 14.9. The Balaban J connectivity index is 2.20. The van der Waals surface area contributed by atoms with Gasteiger partial charge >= 0.3 is 5.97 Å². The van der Waals surface area contributed by atoms with E-state index >= 15 is 0 Å². The topological polar surface area (TPSA) is 218 Å². The van der Waals surface area contributed by atoms with Crippen LogP contribution in [0.1, 0.15) is 94.9 Å². The molecule has 15 heteroatoms. The summed E-state index contributed by atoms with van der Waals surface area (Å²) in [5.74, 6) is -4.24. The number of oxime groups is 1. The lowest BCUT2D eigenvalue weighted by molar-refractivity contribution is -0.315. The monoisotopic (exact) mass is 734 g/mol. The quantitative estimate of drug-likeness (QED) is 0.113. The molecule has 0 aromatic heterocycles. The number of likely N-dealkylation sites (N-methyl/N-ethyl adjacent to an activating group) is 1.